The lowest BCUT2D eigenvalue weighted by Crippen LogP contribution is -2.53. The fourth-order valence-corrected chi connectivity index (χ4v) is 4.59. The second kappa shape index (κ2) is 8.27. The summed E-state index contributed by atoms with van der Waals surface area (Å²) in [4.78, 5) is 17.9. The van der Waals surface area contributed by atoms with E-state index in [4.69, 9.17) is 5.73 Å². The first kappa shape index (κ1) is 20.9. The molecule has 1 amide bonds. The minimum Gasteiger partial charge on any atom is -0.344 e. The molecule has 2 heterocycles. The number of amides is 1. The van der Waals surface area contributed by atoms with Gasteiger partial charge in [0.25, 0.3) is 5.91 Å². The van der Waals surface area contributed by atoms with Crippen LogP contribution in [0.5, 0.6) is 0 Å². The highest BCUT2D eigenvalue weighted by molar-refractivity contribution is 9.10. The summed E-state index contributed by atoms with van der Waals surface area (Å²) >= 11 is 6.53. The van der Waals surface area contributed by atoms with Crippen LogP contribution in [0.25, 0.3) is 9.88 Å². The summed E-state index contributed by atoms with van der Waals surface area (Å²) in [5.41, 5.74) is 6.00. The van der Waals surface area contributed by atoms with Crippen molar-refractivity contribution in [2.45, 2.75) is 25.3 Å². The Balaban J connectivity index is 0.00000132. The predicted molar refractivity (Wildman–Crippen MR) is 105 cm³/mol. The lowest BCUT2D eigenvalue weighted by Gasteiger charge is -2.29. The normalized spacial score (nSPS) is 16.0. The number of nitrogens with zero attached hydrogens (tertiary/aromatic N) is 1. The van der Waals surface area contributed by atoms with Crippen LogP contribution in [0.4, 0.5) is 0 Å². The fourth-order valence-electron chi connectivity index (χ4n) is 2.28. The number of rotatable bonds is 5. The molecular weight excluding hydrogens is 441 g/mol. The number of carbonyl (C=O) groups is 1. The van der Waals surface area contributed by atoms with Gasteiger partial charge in [-0.15, -0.1) is 47.5 Å². The molecule has 128 valence electrons. The number of nitrogens with two attached hydrogens (primary N) is 1. The smallest absolute Gasteiger partial charge is 0.271 e. The van der Waals surface area contributed by atoms with Gasteiger partial charge in [0, 0.05) is 21.8 Å². The Labute approximate surface area is 164 Å². The van der Waals surface area contributed by atoms with Crippen LogP contribution in [0.15, 0.2) is 21.3 Å². The summed E-state index contributed by atoms with van der Waals surface area (Å²) in [6.45, 7) is 2.48. The van der Waals surface area contributed by atoms with Crippen molar-refractivity contribution in [2.24, 2.45) is 11.7 Å². The summed E-state index contributed by atoms with van der Waals surface area (Å²) in [5.74, 6) is 0.366. The van der Waals surface area contributed by atoms with Gasteiger partial charge in [-0.1, -0.05) is 0 Å². The Morgan fingerprint density at radius 1 is 1.43 bits per heavy atom. The second-order valence-electron chi connectivity index (χ2n) is 5.52. The molecule has 1 saturated carbocycles. The summed E-state index contributed by atoms with van der Waals surface area (Å²) < 4.78 is 1.04. The van der Waals surface area contributed by atoms with Gasteiger partial charge < -0.3 is 11.1 Å². The predicted octanol–water partition coefficient (Wildman–Crippen LogP) is 4.33. The van der Waals surface area contributed by atoms with Gasteiger partial charge in [-0.2, -0.15) is 0 Å². The molecule has 4 nitrogen and oxygen atoms in total. The van der Waals surface area contributed by atoms with E-state index in [2.05, 4.69) is 26.2 Å². The van der Waals surface area contributed by atoms with Crippen molar-refractivity contribution in [1.29, 1.82) is 0 Å². The quantitative estimate of drug-likeness (QED) is 0.700. The molecule has 2 aromatic heterocycles. The van der Waals surface area contributed by atoms with Crippen LogP contribution in [0, 0.1) is 5.92 Å². The maximum atomic E-state index is 12.4. The first-order chi connectivity index (χ1) is 10.0. The molecule has 1 atom stereocenters. The highest BCUT2D eigenvalue weighted by Crippen LogP contribution is 2.39. The SMILES string of the molecule is CC(CN)(NC(=O)c1csc(-c2cc(Br)cs2)n1)C1CC1.Cl.Cl. The summed E-state index contributed by atoms with van der Waals surface area (Å²) in [6, 6.07) is 2.01. The molecule has 0 radical (unpaired) electrons. The van der Waals surface area contributed by atoms with Crippen LogP contribution >= 0.6 is 63.4 Å². The number of halogens is 3. The van der Waals surface area contributed by atoms with Crippen molar-refractivity contribution in [3.8, 4) is 9.88 Å². The number of carbonyl (C=O) groups excluding carboxylic acids is 1. The van der Waals surface area contributed by atoms with Gasteiger partial charge in [-0.3, -0.25) is 4.79 Å². The van der Waals surface area contributed by atoms with E-state index in [1.807, 2.05) is 23.8 Å². The molecule has 1 aliphatic carbocycles. The molecule has 0 aliphatic heterocycles. The second-order valence-corrected chi connectivity index (χ2v) is 8.20. The Morgan fingerprint density at radius 3 is 2.65 bits per heavy atom. The van der Waals surface area contributed by atoms with E-state index in [9.17, 15) is 4.79 Å². The molecule has 0 bridgehead atoms. The molecule has 1 unspecified atom stereocenters. The minimum atomic E-state index is -0.313. The molecule has 3 rings (SSSR count). The number of thiazole rings is 1. The van der Waals surface area contributed by atoms with Crippen LogP contribution in [0.1, 0.15) is 30.3 Å². The summed E-state index contributed by atoms with van der Waals surface area (Å²) in [7, 11) is 0. The number of thiophene rings is 1. The van der Waals surface area contributed by atoms with E-state index in [1.165, 1.54) is 11.3 Å². The fraction of sp³-hybridized carbons (Fsp3) is 0.429. The van der Waals surface area contributed by atoms with Crippen molar-refractivity contribution < 1.29 is 4.79 Å². The maximum absolute atomic E-state index is 12.4. The molecule has 9 heteroatoms. The van der Waals surface area contributed by atoms with E-state index in [-0.39, 0.29) is 36.3 Å². The van der Waals surface area contributed by atoms with Crippen LogP contribution in [0.3, 0.4) is 0 Å². The van der Waals surface area contributed by atoms with Gasteiger partial charge in [0.05, 0.1) is 10.4 Å². The molecule has 2 aromatic rings. The van der Waals surface area contributed by atoms with Gasteiger partial charge in [-0.05, 0) is 47.7 Å². The summed E-state index contributed by atoms with van der Waals surface area (Å²) in [6.07, 6.45) is 2.28. The van der Waals surface area contributed by atoms with Gasteiger partial charge >= 0.3 is 0 Å². The summed E-state index contributed by atoms with van der Waals surface area (Å²) in [5, 5.41) is 7.75. The molecule has 0 aromatic carbocycles. The molecule has 1 aliphatic rings. The lowest BCUT2D eigenvalue weighted by molar-refractivity contribution is 0.0893. The average molecular weight is 459 g/mol. The van der Waals surface area contributed by atoms with Crippen LogP contribution in [-0.2, 0) is 0 Å². The standard InChI is InChI=1S/C14H16BrN3OS2.2ClH/c1-14(7-16,8-2-3-8)18-12(19)10-6-21-13(17-10)11-4-9(15)5-20-11;;/h4-6,8H,2-3,7,16H2,1H3,(H,18,19);2*1H. The third-order valence-electron chi connectivity index (χ3n) is 3.82. The third kappa shape index (κ3) is 4.67. The highest BCUT2D eigenvalue weighted by atomic mass is 79.9. The number of aromatic nitrogens is 1. The van der Waals surface area contributed by atoms with Gasteiger partial charge in [0.1, 0.15) is 10.7 Å². The highest BCUT2D eigenvalue weighted by Gasteiger charge is 2.41. The monoisotopic (exact) mass is 457 g/mol. The molecule has 0 saturated heterocycles. The minimum absolute atomic E-state index is 0. The van der Waals surface area contributed by atoms with E-state index >= 15 is 0 Å². The lowest BCUT2D eigenvalue weighted by atomic mass is 9.96. The Hall–Kier alpha value is -0.180. The van der Waals surface area contributed by atoms with Gasteiger partial charge in [-0.25, -0.2) is 4.98 Å². The van der Waals surface area contributed by atoms with Crippen LogP contribution in [0.2, 0.25) is 0 Å². The first-order valence-electron chi connectivity index (χ1n) is 6.74. The molecule has 23 heavy (non-hydrogen) atoms. The van der Waals surface area contributed by atoms with Gasteiger partial charge in [0.2, 0.25) is 0 Å². The maximum Gasteiger partial charge on any atom is 0.271 e. The van der Waals surface area contributed by atoms with Crippen molar-refractivity contribution >= 4 is 69.3 Å². The molecule has 1 fully saturated rings. The average Bonchev–Trinajstić information content (AvgIpc) is 3.05. The Kier molecular flexibility index (Phi) is 7.50. The number of nitrogens with one attached hydrogen (secondary N) is 1. The first-order valence-corrected chi connectivity index (χ1v) is 9.29. The zero-order chi connectivity index (χ0) is 15.0. The number of hydrogen-bond donors (Lipinski definition) is 2. The van der Waals surface area contributed by atoms with Crippen molar-refractivity contribution in [2.75, 3.05) is 6.54 Å². The number of hydrogen-bond acceptors (Lipinski definition) is 5. The molecule has 3 N–H and O–H groups in total. The van der Waals surface area contributed by atoms with E-state index in [1.54, 1.807) is 11.3 Å². The third-order valence-corrected chi connectivity index (χ3v) is 6.52. The van der Waals surface area contributed by atoms with Gasteiger partial charge in [0.15, 0.2) is 0 Å². The Morgan fingerprint density at radius 2 is 2.13 bits per heavy atom. The van der Waals surface area contributed by atoms with E-state index < -0.39 is 0 Å². The van der Waals surface area contributed by atoms with E-state index in [0.29, 0.717) is 18.2 Å². The van der Waals surface area contributed by atoms with Crippen molar-refractivity contribution in [3.05, 3.63) is 27.0 Å². The molecular formula is C14H18BrCl2N3OS2. The van der Waals surface area contributed by atoms with Crippen molar-refractivity contribution in [1.82, 2.24) is 10.3 Å². The largest absolute Gasteiger partial charge is 0.344 e. The molecule has 0 spiro atoms. The van der Waals surface area contributed by atoms with Crippen LogP contribution in [-0.4, -0.2) is 23.0 Å². The van der Waals surface area contributed by atoms with Crippen LogP contribution < -0.4 is 11.1 Å². The van der Waals surface area contributed by atoms with E-state index in [0.717, 1.165) is 27.2 Å². The van der Waals surface area contributed by atoms with Crippen molar-refractivity contribution in [3.63, 3.8) is 0 Å². The Bertz CT molecular complexity index is 675. The zero-order valence-electron chi connectivity index (χ0n) is 12.4. The topological polar surface area (TPSA) is 68.0 Å². The zero-order valence-corrected chi connectivity index (χ0v) is 17.2.